The molecular weight excluding hydrogens is 297 g/mol. The maximum Gasteiger partial charge on any atom is 0.0500 e. The molecule has 4 atom stereocenters. The number of rotatable bonds is 8. The summed E-state index contributed by atoms with van der Waals surface area (Å²) in [5.74, 6) is 0.455. The maximum absolute atomic E-state index is 6.14. The van der Waals surface area contributed by atoms with Gasteiger partial charge >= 0.3 is 0 Å². The van der Waals surface area contributed by atoms with Gasteiger partial charge in [-0.25, -0.2) is 0 Å². The number of hydrogen-bond donors (Lipinski definition) is 0. The van der Waals surface area contributed by atoms with Gasteiger partial charge in [-0.2, -0.15) is 0 Å². The molecule has 0 aliphatic rings. The van der Waals surface area contributed by atoms with E-state index in [1.54, 1.807) is 0 Å². The quantitative estimate of drug-likeness (QED) is 0.538. The third kappa shape index (κ3) is 9.18. The van der Waals surface area contributed by atoms with Gasteiger partial charge in [0, 0.05) is 27.4 Å². The standard InChI is InChI=1S/C10H17Cl5/c1-7(12)2-4-9(14)10(15)5-3-8(13)6-11/h7-10H,2-6H2,1H3/t7-,8+,9-,10-/m0/s1. The molecule has 0 unspecified atom stereocenters. The second-order valence-electron chi connectivity index (χ2n) is 3.72. The molecule has 0 heterocycles. The van der Waals surface area contributed by atoms with E-state index in [0.717, 1.165) is 25.7 Å². The molecule has 0 amide bonds. The van der Waals surface area contributed by atoms with Gasteiger partial charge in [0.15, 0.2) is 0 Å². The molecule has 0 aromatic carbocycles. The lowest BCUT2D eigenvalue weighted by Crippen LogP contribution is -2.18. The van der Waals surface area contributed by atoms with Gasteiger partial charge in [-0.15, -0.1) is 58.0 Å². The Bertz CT molecular complexity index is 151. The van der Waals surface area contributed by atoms with Crippen molar-refractivity contribution in [2.24, 2.45) is 0 Å². The van der Waals surface area contributed by atoms with Gasteiger partial charge in [0.05, 0.1) is 0 Å². The molecule has 0 nitrogen and oxygen atoms in total. The fraction of sp³-hybridized carbons (Fsp3) is 1.00. The van der Waals surface area contributed by atoms with Gasteiger partial charge in [-0.3, -0.25) is 0 Å². The van der Waals surface area contributed by atoms with Crippen LogP contribution in [0.25, 0.3) is 0 Å². The van der Waals surface area contributed by atoms with Gasteiger partial charge in [0.25, 0.3) is 0 Å². The summed E-state index contributed by atoms with van der Waals surface area (Å²) in [7, 11) is 0. The van der Waals surface area contributed by atoms with Crippen LogP contribution in [0.2, 0.25) is 0 Å². The van der Waals surface area contributed by atoms with Crippen LogP contribution in [0.3, 0.4) is 0 Å². The zero-order valence-corrected chi connectivity index (χ0v) is 12.5. The van der Waals surface area contributed by atoms with E-state index in [1.807, 2.05) is 6.92 Å². The second kappa shape index (κ2) is 9.48. The van der Waals surface area contributed by atoms with E-state index in [4.69, 9.17) is 58.0 Å². The first kappa shape index (κ1) is 16.4. The van der Waals surface area contributed by atoms with Gasteiger partial charge in [-0.05, 0) is 32.6 Å². The van der Waals surface area contributed by atoms with Crippen molar-refractivity contribution in [3.63, 3.8) is 0 Å². The average Bonchev–Trinajstić information content (AvgIpc) is 2.21. The van der Waals surface area contributed by atoms with E-state index in [1.165, 1.54) is 0 Å². The van der Waals surface area contributed by atoms with Crippen LogP contribution < -0.4 is 0 Å². The minimum absolute atomic E-state index is 0.0104. The molecule has 0 saturated heterocycles. The topological polar surface area (TPSA) is 0 Å². The van der Waals surface area contributed by atoms with Crippen molar-refractivity contribution < 1.29 is 0 Å². The molecule has 0 spiro atoms. The van der Waals surface area contributed by atoms with Crippen LogP contribution in [-0.2, 0) is 0 Å². The molecule has 0 radical (unpaired) electrons. The van der Waals surface area contributed by atoms with E-state index < -0.39 is 0 Å². The van der Waals surface area contributed by atoms with E-state index in [9.17, 15) is 0 Å². The third-order valence-electron chi connectivity index (χ3n) is 2.16. The van der Waals surface area contributed by atoms with E-state index in [2.05, 4.69) is 0 Å². The van der Waals surface area contributed by atoms with E-state index in [0.29, 0.717) is 5.88 Å². The lowest BCUT2D eigenvalue weighted by atomic mass is 10.1. The first-order valence-corrected chi connectivity index (χ1v) is 7.37. The Kier molecular flexibility index (Phi) is 10.4. The lowest BCUT2D eigenvalue weighted by Gasteiger charge is -2.17. The fourth-order valence-corrected chi connectivity index (χ4v) is 2.08. The zero-order chi connectivity index (χ0) is 11.8. The third-order valence-corrected chi connectivity index (χ3v) is 4.45. The van der Waals surface area contributed by atoms with Gasteiger partial charge in [0.1, 0.15) is 0 Å². The Balaban J connectivity index is 3.64. The predicted molar refractivity (Wildman–Crippen MR) is 73.4 cm³/mol. The first-order valence-electron chi connectivity index (χ1n) is 5.09. The number of alkyl halides is 5. The Morgan fingerprint density at radius 3 is 1.67 bits per heavy atom. The summed E-state index contributed by atoms with van der Waals surface area (Å²) >= 11 is 29.6. The lowest BCUT2D eigenvalue weighted by molar-refractivity contribution is 0.603. The smallest absolute Gasteiger partial charge is 0.0500 e. The molecule has 0 aromatic heterocycles. The molecule has 0 aliphatic carbocycles. The molecule has 92 valence electrons. The van der Waals surface area contributed by atoms with Crippen molar-refractivity contribution in [1.29, 1.82) is 0 Å². The van der Waals surface area contributed by atoms with E-state index in [-0.39, 0.29) is 21.5 Å². The Hall–Kier alpha value is 1.45. The minimum atomic E-state index is -0.0495. The highest BCUT2D eigenvalue weighted by molar-refractivity contribution is 6.30. The molecule has 0 saturated carbocycles. The maximum atomic E-state index is 6.14. The first-order chi connectivity index (χ1) is 6.97. The Labute approximate surface area is 118 Å². The highest BCUT2D eigenvalue weighted by atomic mass is 35.5. The summed E-state index contributed by atoms with van der Waals surface area (Å²) in [6, 6.07) is 0. The van der Waals surface area contributed by atoms with Crippen molar-refractivity contribution in [2.45, 2.75) is 54.1 Å². The average molecular weight is 315 g/mol. The van der Waals surface area contributed by atoms with Crippen LogP contribution in [0.4, 0.5) is 0 Å². The molecule has 0 aromatic rings. The number of halogens is 5. The van der Waals surface area contributed by atoms with Crippen molar-refractivity contribution in [3.05, 3.63) is 0 Å². The van der Waals surface area contributed by atoms with Gasteiger partial charge < -0.3 is 0 Å². The van der Waals surface area contributed by atoms with Crippen LogP contribution in [-0.4, -0.2) is 27.4 Å². The van der Waals surface area contributed by atoms with Crippen LogP contribution >= 0.6 is 58.0 Å². The Morgan fingerprint density at radius 1 is 0.800 bits per heavy atom. The zero-order valence-electron chi connectivity index (χ0n) is 8.73. The highest BCUT2D eigenvalue weighted by Crippen LogP contribution is 2.23. The predicted octanol–water partition coefficient (Wildman–Crippen LogP) is 5.24. The van der Waals surface area contributed by atoms with Gasteiger partial charge in [-0.1, -0.05) is 0 Å². The minimum Gasteiger partial charge on any atom is -0.125 e. The van der Waals surface area contributed by atoms with Crippen LogP contribution in [0, 0.1) is 0 Å². The number of hydrogen-bond acceptors (Lipinski definition) is 0. The SMILES string of the molecule is C[C@H](Cl)CC[C@H](Cl)[C@@H](Cl)CC[C@@H](Cl)CCl. The summed E-state index contributed by atoms with van der Waals surface area (Å²) in [4.78, 5) is 0. The Morgan fingerprint density at radius 2 is 1.27 bits per heavy atom. The van der Waals surface area contributed by atoms with Crippen molar-refractivity contribution >= 4 is 58.0 Å². The fourth-order valence-electron chi connectivity index (χ4n) is 1.17. The second-order valence-corrected chi connectivity index (χ2v) is 6.51. The van der Waals surface area contributed by atoms with Crippen molar-refractivity contribution in [2.75, 3.05) is 5.88 Å². The van der Waals surface area contributed by atoms with Crippen molar-refractivity contribution in [3.8, 4) is 0 Å². The van der Waals surface area contributed by atoms with Crippen LogP contribution in [0.15, 0.2) is 0 Å². The molecule has 0 fully saturated rings. The monoisotopic (exact) mass is 312 g/mol. The summed E-state index contributed by atoms with van der Waals surface area (Å²) in [5, 5.41) is 0.0566. The largest absolute Gasteiger partial charge is 0.125 e. The van der Waals surface area contributed by atoms with E-state index >= 15 is 0 Å². The molecule has 0 N–H and O–H groups in total. The van der Waals surface area contributed by atoms with Crippen LogP contribution in [0.5, 0.6) is 0 Å². The molecular formula is C10H17Cl5. The van der Waals surface area contributed by atoms with Crippen molar-refractivity contribution in [1.82, 2.24) is 0 Å². The summed E-state index contributed by atoms with van der Waals surface area (Å²) in [5.41, 5.74) is 0. The molecule has 15 heavy (non-hydrogen) atoms. The van der Waals surface area contributed by atoms with Crippen LogP contribution in [0.1, 0.15) is 32.6 Å². The molecule has 0 bridgehead atoms. The summed E-state index contributed by atoms with van der Waals surface area (Å²) in [6.07, 6.45) is 3.33. The molecule has 0 rings (SSSR count). The molecule has 5 heteroatoms. The highest BCUT2D eigenvalue weighted by Gasteiger charge is 2.18. The summed E-state index contributed by atoms with van der Waals surface area (Å²) in [6.45, 7) is 1.96. The normalized spacial score (nSPS) is 19.6. The van der Waals surface area contributed by atoms with Gasteiger partial charge in [0.2, 0.25) is 0 Å². The summed E-state index contributed by atoms with van der Waals surface area (Å²) < 4.78 is 0. The molecule has 0 aliphatic heterocycles.